The van der Waals surface area contributed by atoms with E-state index in [0.717, 1.165) is 36.0 Å². The molecule has 27 heavy (non-hydrogen) atoms. The average Bonchev–Trinajstić information content (AvgIpc) is 3.16. The lowest BCUT2D eigenvalue weighted by Crippen LogP contribution is -1.89. The molecular weight excluding hydrogens is 360 g/mol. The number of allylic oxidation sites excluding steroid dienone is 1. The summed E-state index contributed by atoms with van der Waals surface area (Å²) in [5.41, 5.74) is 4.68. The van der Waals surface area contributed by atoms with E-state index >= 15 is 0 Å². The van der Waals surface area contributed by atoms with E-state index in [2.05, 4.69) is 54.2 Å². The molecule has 0 radical (unpaired) electrons. The number of nitrogens with zero attached hydrogens (tertiary/aromatic N) is 1. The van der Waals surface area contributed by atoms with E-state index in [1.165, 1.54) is 29.5 Å². The first kappa shape index (κ1) is 17.8. The summed E-state index contributed by atoms with van der Waals surface area (Å²) >= 11 is 4.40. The van der Waals surface area contributed by atoms with Crippen molar-refractivity contribution in [2.45, 2.75) is 26.2 Å². The van der Waals surface area contributed by atoms with Crippen LogP contribution in [0.4, 0.5) is 14.5 Å². The Morgan fingerprint density at radius 2 is 1.81 bits per heavy atom. The van der Waals surface area contributed by atoms with E-state index in [0.29, 0.717) is 0 Å². The van der Waals surface area contributed by atoms with Crippen LogP contribution < -0.4 is 0 Å². The first-order chi connectivity index (χ1) is 13.0. The molecule has 0 aromatic heterocycles. The highest BCUT2D eigenvalue weighted by molar-refractivity contribution is 7.78. The van der Waals surface area contributed by atoms with Crippen LogP contribution in [0.5, 0.6) is 0 Å². The van der Waals surface area contributed by atoms with Crippen molar-refractivity contribution in [2.24, 2.45) is 16.8 Å². The molecule has 2 atom stereocenters. The first-order valence-electron chi connectivity index (χ1n) is 8.95. The molecule has 0 spiro atoms. The molecule has 0 aliphatic heterocycles. The first-order valence-corrected chi connectivity index (χ1v) is 9.35. The quantitative estimate of drug-likeness (QED) is 0.358. The molecule has 1 nitrogen and oxygen atoms in total. The maximum Gasteiger partial charge on any atom is 0.153 e. The van der Waals surface area contributed by atoms with Crippen LogP contribution in [-0.4, -0.2) is 5.16 Å². The third-order valence-corrected chi connectivity index (χ3v) is 5.34. The second-order valence-corrected chi connectivity index (χ2v) is 7.49. The molecule has 0 heterocycles. The summed E-state index contributed by atoms with van der Waals surface area (Å²) < 4.78 is 27.8. The molecule has 2 aliphatic carbocycles. The zero-order valence-corrected chi connectivity index (χ0v) is 15.7. The number of rotatable bonds is 3. The fourth-order valence-corrected chi connectivity index (χ4v) is 3.67. The molecule has 4 heteroatoms. The minimum absolute atomic E-state index is 0.260. The maximum absolute atomic E-state index is 13.9. The van der Waals surface area contributed by atoms with Crippen molar-refractivity contribution < 1.29 is 8.78 Å². The van der Waals surface area contributed by atoms with Gasteiger partial charge in [-0.2, -0.15) is 4.99 Å². The highest BCUT2D eigenvalue weighted by atomic mass is 32.1. The van der Waals surface area contributed by atoms with Gasteiger partial charge in [0.15, 0.2) is 11.6 Å². The highest BCUT2D eigenvalue weighted by Gasteiger charge is 2.33. The third-order valence-electron chi connectivity index (χ3n) is 5.25. The minimum atomic E-state index is -0.797. The number of hydrogen-bond acceptors (Lipinski definition) is 2. The molecule has 1 saturated carbocycles. The van der Waals surface area contributed by atoms with E-state index in [1.54, 1.807) is 0 Å². The third kappa shape index (κ3) is 3.90. The molecular formula is C23H17F2NS. The van der Waals surface area contributed by atoms with Crippen molar-refractivity contribution in [1.29, 1.82) is 0 Å². The Kier molecular flexibility index (Phi) is 4.74. The highest BCUT2D eigenvalue weighted by Crippen LogP contribution is 2.44. The van der Waals surface area contributed by atoms with Crippen LogP contribution in [-0.2, 0) is 6.42 Å². The van der Waals surface area contributed by atoms with Gasteiger partial charge in [0.25, 0.3) is 0 Å². The monoisotopic (exact) mass is 377 g/mol. The van der Waals surface area contributed by atoms with Crippen molar-refractivity contribution in [2.75, 3.05) is 0 Å². The fraction of sp³-hybridized carbons (Fsp3) is 0.261. The lowest BCUT2D eigenvalue weighted by molar-refractivity contribution is 0.587. The zero-order valence-electron chi connectivity index (χ0n) is 14.9. The van der Waals surface area contributed by atoms with Crippen LogP contribution in [0.15, 0.2) is 40.9 Å². The van der Waals surface area contributed by atoms with Crippen molar-refractivity contribution in [3.05, 3.63) is 69.8 Å². The van der Waals surface area contributed by atoms with Gasteiger partial charge in [0.2, 0.25) is 0 Å². The molecule has 1 fully saturated rings. The number of isothiocyanates is 1. The Morgan fingerprint density at radius 3 is 2.48 bits per heavy atom. The van der Waals surface area contributed by atoms with Gasteiger partial charge in [-0.3, -0.25) is 0 Å². The second kappa shape index (κ2) is 7.19. The van der Waals surface area contributed by atoms with Crippen LogP contribution >= 0.6 is 12.2 Å². The summed E-state index contributed by atoms with van der Waals surface area (Å²) in [5, 5.41) is 1.98. The molecule has 2 aliphatic rings. The predicted molar refractivity (Wildman–Crippen MR) is 107 cm³/mol. The normalized spacial score (nSPS) is 19.4. The van der Waals surface area contributed by atoms with Gasteiger partial charge in [0, 0.05) is 11.1 Å². The van der Waals surface area contributed by atoms with Crippen LogP contribution in [0, 0.1) is 35.3 Å². The minimum Gasteiger partial charge on any atom is -0.204 e. The van der Waals surface area contributed by atoms with E-state index in [4.69, 9.17) is 0 Å². The van der Waals surface area contributed by atoms with Gasteiger partial charge < -0.3 is 0 Å². The Hall–Kier alpha value is -2.60. The number of aliphatic imine (C=N–C) groups is 1. The van der Waals surface area contributed by atoms with E-state index < -0.39 is 17.3 Å². The molecule has 2 unspecified atom stereocenters. The van der Waals surface area contributed by atoms with Gasteiger partial charge in [-0.1, -0.05) is 36.5 Å². The van der Waals surface area contributed by atoms with Crippen LogP contribution in [0.3, 0.4) is 0 Å². The number of thiocarbonyl (C=S) groups is 1. The van der Waals surface area contributed by atoms with Crippen molar-refractivity contribution in [3.63, 3.8) is 0 Å². The van der Waals surface area contributed by atoms with E-state index in [1.807, 2.05) is 11.2 Å². The summed E-state index contributed by atoms with van der Waals surface area (Å²) in [6, 6.07) is 8.40. The predicted octanol–water partition coefficient (Wildman–Crippen LogP) is 6.08. The lowest BCUT2D eigenvalue weighted by atomic mass is 10.0. The van der Waals surface area contributed by atoms with Crippen molar-refractivity contribution in [3.8, 4) is 11.8 Å². The summed E-state index contributed by atoms with van der Waals surface area (Å²) in [7, 11) is 0. The maximum atomic E-state index is 13.9. The second-order valence-electron chi connectivity index (χ2n) is 7.31. The molecule has 2 aromatic carbocycles. The van der Waals surface area contributed by atoms with Crippen LogP contribution in [0.1, 0.15) is 42.0 Å². The van der Waals surface area contributed by atoms with Crippen molar-refractivity contribution in [1.82, 2.24) is 0 Å². The van der Waals surface area contributed by atoms with Gasteiger partial charge in [0.1, 0.15) is 5.69 Å². The molecule has 0 amide bonds. The fourth-order valence-electron chi connectivity index (χ4n) is 3.58. The van der Waals surface area contributed by atoms with Gasteiger partial charge in [-0.05, 0) is 78.7 Å². The van der Waals surface area contributed by atoms with Crippen LogP contribution in [0.25, 0.3) is 6.08 Å². The Balaban J connectivity index is 1.52. The number of halogens is 2. The molecule has 4 rings (SSSR count). The van der Waals surface area contributed by atoms with Gasteiger partial charge in [-0.25, -0.2) is 8.78 Å². The van der Waals surface area contributed by atoms with Gasteiger partial charge in [0.05, 0.1) is 5.16 Å². The molecule has 0 N–H and O–H groups in total. The summed E-state index contributed by atoms with van der Waals surface area (Å²) in [6.07, 6.45) is 5.79. The molecule has 0 bridgehead atoms. The van der Waals surface area contributed by atoms with Crippen molar-refractivity contribution >= 4 is 29.1 Å². The van der Waals surface area contributed by atoms with E-state index in [-0.39, 0.29) is 5.56 Å². The number of hydrogen-bond donors (Lipinski definition) is 0. The Labute approximate surface area is 162 Å². The topological polar surface area (TPSA) is 12.4 Å². The molecule has 0 saturated heterocycles. The SMILES string of the molecule is CC1CC1CC1=Cc2ccc(C#Cc3cc(F)c(N=C=S)c(F)c3)cc2C1. The Bertz CT molecular complexity index is 1040. The number of benzene rings is 2. The van der Waals surface area contributed by atoms with Crippen LogP contribution in [0.2, 0.25) is 0 Å². The zero-order chi connectivity index (χ0) is 19.0. The van der Waals surface area contributed by atoms with E-state index in [9.17, 15) is 8.78 Å². The standard InChI is InChI=1S/C23H17F2NS/c1-14-6-19(14)9-17-8-18-5-4-15(7-20(18)10-17)2-3-16-11-21(24)23(26-13-27)22(25)12-16/h4-5,7-8,11-12,14,19H,6,9-10H2,1H3. The molecule has 2 aromatic rings. The van der Waals surface area contributed by atoms with Gasteiger partial charge in [-0.15, -0.1) is 0 Å². The summed E-state index contributed by atoms with van der Waals surface area (Å²) in [5.74, 6) is 5.94. The summed E-state index contributed by atoms with van der Waals surface area (Å²) in [6.45, 7) is 2.31. The largest absolute Gasteiger partial charge is 0.204 e. The Morgan fingerprint density at radius 1 is 1.11 bits per heavy atom. The van der Waals surface area contributed by atoms with Gasteiger partial charge >= 0.3 is 0 Å². The molecule has 134 valence electrons. The smallest absolute Gasteiger partial charge is 0.153 e. The lowest BCUT2D eigenvalue weighted by Gasteiger charge is -2.01. The average molecular weight is 377 g/mol. The number of fused-ring (bicyclic) bond motifs is 1. The summed E-state index contributed by atoms with van der Waals surface area (Å²) in [4.78, 5) is 3.40.